The van der Waals surface area contributed by atoms with E-state index in [2.05, 4.69) is 39.2 Å². The van der Waals surface area contributed by atoms with Gasteiger partial charge in [0.1, 0.15) is 5.02 Å². The summed E-state index contributed by atoms with van der Waals surface area (Å²) in [6, 6.07) is 0.441. The highest BCUT2D eigenvalue weighted by Gasteiger charge is 2.22. The van der Waals surface area contributed by atoms with Crippen LogP contribution in [0.3, 0.4) is 0 Å². The highest BCUT2D eigenvalue weighted by Crippen LogP contribution is 2.18. The SMILES string of the molecule is CN1CCN(C)C(CNc2nc(N)ncc2Cl)C1. The fourth-order valence-electron chi connectivity index (χ4n) is 2.04. The molecule has 6 nitrogen and oxygen atoms in total. The zero-order chi connectivity index (χ0) is 13.1. The minimum atomic E-state index is 0.232. The van der Waals surface area contributed by atoms with Gasteiger partial charge in [-0.05, 0) is 14.1 Å². The van der Waals surface area contributed by atoms with E-state index in [1.807, 2.05) is 0 Å². The molecule has 1 fully saturated rings. The molecule has 18 heavy (non-hydrogen) atoms. The van der Waals surface area contributed by atoms with Crippen molar-refractivity contribution in [3.05, 3.63) is 11.2 Å². The molecule has 7 heteroatoms. The summed E-state index contributed by atoms with van der Waals surface area (Å²) in [6.45, 7) is 4.00. The van der Waals surface area contributed by atoms with E-state index < -0.39 is 0 Å². The Bertz CT molecular complexity index is 413. The summed E-state index contributed by atoms with van der Waals surface area (Å²) < 4.78 is 0. The lowest BCUT2D eigenvalue weighted by molar-refractivity contribution is 0.122. The maximum atomic E-state index is 6.01. The summed E-state index contributed by atoms with van der Waals surface area (Å²) in [4.78, 5) is 12.6. The summed E-state index contributed by atoms with van der Waals surface area (Å²) in [7, 11) is 4.27. The first-order chi connectivity index (χ1) is 8.56. The lowest BCUT2D eigenvalue weighted by Gasteiger charge is -2.37. The number of anilines is 2. The van der Waals surface area contributed by atoms with Crippen LogP contribution in [0.4, 0.5) is 11.8 Å². The van der Waals surface area contributed by atoms with Gasteiger partial charge in [0, 0.05) is 32.2 Å². The second-order valence-corrected chi connectivity index (χ2v) is 5.11. The summed E-state index contributed by atoms with van der Waals surface area (Å²) in [5.41, 5.74) is 5.55. The van der Waals surface area contributed by atoms with Crippen LogP contribution in [-0.4, -0.2) is 66.1 Å². The number of aromatic nitrogens is 2. The van der Waals surface area contributed by atoms with Crippen molar-refractivity contribution in [2.45, 2.75) is 6.04 Å². The highest BCUT2D eigenvalue weighted by molar-refractivity contribution is 6.32. The average molecular weight is 271 g/mol. The third-order valence-corrected chi connectivity index (χ3v) is 3.52. The molecule has 1 atom stereocenters. The van der Waals surface area contributed by atoms with E-state index in [1.54, 1.807) is 0 Å². The summed E-state index contributed by atoms with van der Waals surface area (Å²) in [6.07, 6.45) is 1.52. The van der Waals surface area contributed by atoms with Gasteiger partial charge in [0.15, 0.2) is 5.82 Å². The molecule has 1 aliphatic rings. The van der Waals surface area contributed by atoms with Gasteiger partial charge in [-0.1, -0.05) is 11.6 Å². The van der Waals surface area contributed by atoms with Gasteiger partial charge in [-0.25, -0.2) is 4.98 Å². The smallest absolute Gasteiger partial charge is 0.222 e. The van der Waals surface area contributed by atoms with Crippen molar-refractivity contribution in [2.75, 3.05) is 51.3 Å². The van der Waals surface area contributed by atoms with Crippen molar-refractivity contribution < 1.29 is 0 Å². The Morgan fingerprint density at radius 3 is 3.06 bits per heavy atom. The van der Waals surface area contributed by atoms with E-state index >= 15 is 0 Å². The lowest BCUT2D eigenvalue weighted by Crippen LogP contribution is -2.52. The number of hydrogen-bond acceptors (Lipinski definition) is 6. The first-order valence-corrected chi connectivity index (χ1v) is 6.34. The average Bonchev–Trinajstić information content (AvgIpc) is 2.34. The Morgan fingerprint density at radius 1 is 1.50 bits per heavy atom. The Morgan fingerprint density at radius 2 is 2.28 bits per heavy atom. The van der Waals surface area contributed by atoms with Crippen molar-refractivity contribution >= 4 is 23.4 Å². The Balaban J connectivity index is 1.96. The minimum absolute atomic E-state index is 0.232. The van der Waals surface area contributed by atoms with Gasteiger partial charge in [0.05, 0.1) is 6.20 Å². The number of nitrogens with two attached hydrogens (primary N) is 1. The standard InChI is InChI=1S/C11H19ClN6/c1-17-3-4-18(2)8(7-17)5-14-10-9(12)6-15-11(13)16-10/h6,8H,3-5,7H2,1-2H3,(H3,13,14,15,16). The van der Waals surface area contributed by atoms with Gasteiger partial charge in [-0.2, -0.15) is 4.98 Å². The quantitative estimate of drug-likeness (QED) is 0.827. The number of rotatable bonds is 3. The van der Waals surface area contributed by atoms with Crippen molar-refractivity contribution in [3.8, 4) is 0 Å². The number of piperazine rings is 1. The molecule has 100 valence electrons. The number of nitrogen functional groups attached to an aromatic ring is 1. The fraction of sp³-hybridized carbons (Fsp3) is 0.636. The van der Waals surface area contributed by atoms with Gasteiger partial charge in [0.25, 0.3) is 0 Å². The maximum Gasteiger partial charge on any atom is 0.222 e. The molecule has 1 aromatic rings. The van der Waals surface area contributed by atoms with Crippen LogP contribution >= 0.6 is 11.6 Å². The van der Waals surface area contributed by atoms with Crippen LogP contribution in [-0.2, 0) is 0 Å². The van der Waals surface area contributed by atoms with Crippen LogP contribution in [0.1, 0.15) is 0 Å². The van der Waals surface area contributed by atoms with Crippen LogP contribution < -0.4 is 11.1 Å². The van der Waals surface area contributed by atoms with E-state index in [1.165, 1.54) is 6.20 Å². The zero-order valence-corrected chi connectivity index (χ0v) is 11.5. The number of nitrogens with zero attached hydrogens (tertiary/aromatic N) is 4. The van der Waals surface area contributed by atoms with Gasteiger partial charge in [0.2, 0.25) is 5.95 Å². The minimum Gasteiger partial charge on any atom is -0.368 e. The van der Waals surface area contributed by atoms with Crippen molar-refractivity contribution in [1.82, 2.24) is 19.8 Å². The molecule has 0 saturated carbocycles. The zero-order valence-electron chi connectivity index (χ0n) is 10.7. The second kappa shape index (κ2) is 5.69. The van der Waals surface area contributed by atoms with Crippen LogP contribution in [0.15, 0.2) is 6.20 Å². The lowest BCUT2D eigenvalue weighted by atomic mass is 10.2. The predicted molar refractivity (Wildman–Crippen MR) is 73.9 cm³/mol. The molecule has 0 spiro atoms. The summed E-state index contributed by atoms with van der Waals surface area (Å²) in [5.74, 6) is 0.835. The summed E-state index contributed by atoms with van der Waals surface area (Å²) in [5, 5.41) is 3.74. The molecule has 1 aromatic heterocycles. The molecule has 1 aliphatic heterocycles. The normalized spacial score (nSPS) is 22.1. The number of hydrogen-bond donors (Lipinski definition) is 2. The topological polar surface area (TPSA) is 70.3 Å². The molecule has 0 radical (unpaired) electrons. The highest BCUT2D eigenvalue weighted by atomic mass is 35.5. The van der Waals surface area contributed by atoms with Crippen LogP contribution in [0, 0.1) is 0 Å². The van der Waals surface area contributed by atoms with Crippen LogP contribution in [0.2, 0.25) is 5.02 Å². The number of halogens is 1. The third-order valence-electron chi connectivity index (χ3n) is 3.25. The van der Waals surface area contributed by atoms with Crippen molar-refractivity contribution in [3.63, 3.8) is 0 Å². The molecule has 0 amide bonds. The van der Waals surface area contributed by atoms with Gasteiger partial charge in [-0.3, -0.25) is 4.90 Å². The fourth-order valence-corrected chi connectivity index (χ4v) is 2.20. The molecule has 1 saturated heterocycles. The molecule has 2 rings (SSSR count). The van der Waals surface area contributed by atoms with Crippen molar-refractivity contribution in [1.29, 1.82) is 0 Å². The molecule has 2 heterocycles. The second-order valence-electron chi connectivity index (χ2n) is 4.70. The number of likely N-dealkylation sites (N-methyl/N-ethyl adjacent to an activating group) is 2. The largest absolute Gasteiger partial charge is 0.368 e. The molecular formula is C11H19ClN6. The van der Waals surface area contributed by atoms with E-state index in [0.717, 1.165) is 26.2 Å². The Hall–Kier alpha value is -1.11. The third kappa shape index (κ3) is 3.22. The maximum absolute atomic E-state index is 6.01. The van der Waals surface area contributed by atoms with E-state index in [4.69, 9.17) is 17.3 Å². The monoisotopic (exact) mass is 270 g/mol. The van der Waals surface area contributed by atoms with Crippen LogP contribution in [0.5, 0.6) is 0 Å². The van der Waals surface area contributed by atoms with Crippen molar-refractivity contribution in [2.24, 2.45) is 0 Å². The first-order valence-electron chi connectivity index (χ1n) is 5.97. The van der Waals surface area contributed by atoms with E-state index in [-0.39, 0.29) is 5.95 Å². The molecule has 3 N–H and O–H groups in total. The molecule has 0 aliphatic carbocycles. The molecular weight excluding hydrogens is 252 g/mol. The van der Waals surface area contributed by atoms with Gasteiger partial charge < -0.3 is 16.0 Å². The molecule has 0 bridgehead atoms. The Labute approximate surface area is 112 Å². The molecule has 0 aromatic carbocycles. The van der Waals surface area contributed by atoms with Gasteiger partial charge in [-0.15, -0.1) is 0 Å². The molecule has 1 unspecified atom stereocenters. The summed E-state index contributed by atoms with van der Waals surface area (Å²) >= 11 is 6.01. The van der Waals surface area contributed by atoms with E-state index in [9.17, 15) is 0 Å². The van der Waals surface area contributed by atoms with E-state index in [0.29, 0.717) is 16.9 Å². The first kappa shape index (κ1) is 13.3. The van der Waals surface area contributed by atoms with Crippen LogP contribution in [0.25, 0.3) is 0 Å². The predicted octanol–water partition coefficient (Wildman–Crippen LogP) is 0.370. The number of nitrogens with one attached hydrogen (secondary N) is 1. The van der Waals surface area contributed by atoms with Gasteiger partial charge >= 0.3 is 0 Å². The Kier molecular flexibility index (Phi) is 4.21.